The number of ether oxygens (including phenoxy) is 1. The Balaban J connectivity index is 1.68. The number of rotatable bonds is 3. The molecule has 0 aromatic heterocycles. The van der Waals surface area contributed by atoms with Crippen molar-refractivity contribution in [3.8, 4) is 6.07 Å². The zero-order valence-corrected chi connectivity index (χ0v) is 11.4. The average Bonchev–Trinajstić information content (AvgIpc) is 3.00. The molecule has 4 heteroatoms. The second-order valence-corrected chi connectivity index (χ2v) is 4.97. The van der Waals surface area contributed by atoms with E-state index in [1.54, 1.807) is 12.1 Å². The first kappa shape index (κ1) is 13.3. The lowest BCUT2D eigenvalue weighted by atomic mass is 10.1. The van der Waals surface area contributed by atoms with Gasteiger partial charge in [-0.2, -0.15) is 5.26 Å². The molecule has 1 aliphatic rings. The van der Waals surface area contributed by atoms with E-state index >= 15 is 0 Å². The van der Waals surface area contributed by atoms with Gasteiger partial charge < -0.3 is 10.1 Å². The normalized spacial score (nSPS) is 12.5. The van der Waals surface area contributed by atoms with Crippen molar-refractivity contribution < 1.29 is 9.53 Å². The highest BCUT2D eigenvalue weighted by Gasteiger charge is 2.14. The molecule has 1 amide bonds. The highest BCUT2D eigenvalue weighted by Crippen LogP contribution is 2.20. The van der Waals surface area contributed by atoms with Gasteiger partial charge in [0.05, 0.1) is 24.8 Å². The second-order valence-electron chi connectivity index (χ2n) is 4.97. The van der Waals surface area contributed by atoms with E-state index in [1.165, 1.54) is 0 Å². The minimum Gasteiger partial charge on any atom is -0.372 e. The van der Waals surface area contributed by atoms with Crippen LogP contribution in [0.2, 0.25) is 0 Å². The van der Waals surface area contributed by atoms with Crippen LogP contribution in [-0.2, 0) is 24.5 Å². The quantitative estimate of drug-likeness (QED) is 0.938. The van der Waals surface area contributed by atoms with E-state index in [9.17, 15) is 4.79 Å². The van der Waals surface area contributed by atoms with Crippen LogP contribution in [0, 0.1) is 11.3 Å². The molecular weight excluding hydrogens is 264 g/mol. The molecule has 0 aliphatic carbocycles. The summed E-state index contributed by atoms with van der Waals surface area (Å²) in [6.45, 7) is 1.60. The van der Waals surface area contributed by atoms with Gasteiger partial charge in [-0.05, 0) is 41.0 Å². The lowest BCUT2D eigenvalue weighted by Crippen LogP contribution is -2.22. The molecule has 1 heterocycles. The van der Waals surface area contributed by atoms with Crippen LogP contribution in [0.4, 0.5) is 0 Å². The molecule has 3 rings (SSSR count). The van der Waals surface area contributed by atoms with Gasteiger partial charge >= 0.3 is 0 Å². The van der Waals surface area contributed by atoms with Crippen molar-refractivity contribution in [2.45, 2.75) is 19.8 Å². The van der Waals surface area contributed by atoms with Crippen LogP contribution >= 0.6 is 0 Å². The van der Waals surface area contributed by atoms with Crippen LogP contribution in [0.3, 0.4) is 0 Å². The number of benzene rings is 2. The lowest BCUT2D eigenvalue weighted by Gasteiger charge is -2.07. The summed E-state index contributed by atoms with van der Waals surface area (Å²) in [4.78, 5) is 12.2. The van der Waals surface area contributed by atoms with E-state index in [-0.39, 0.29) is 5.91 Å². The van der Waals surface area contributed by atoms with Crippen LogP contribution in [-0.4, -0.2) is 5.91 Å². The maximum atomic E-state index is 12.2. The molecule has 0 fully saturated rings. The molecule has 4 nitrogen and oxygen atoms in total. The van der Waals surface area contributed by atoms with Crippen LogP contribution < -0.4 is 5.32 Å². The molecular formula is C17H14N2O2. The Morgan fingerprint density at radius 2 is 2.05 bits per heavy atom. The number of nitriles is 1. The highest BCUT2D eigenvalue weighted by molar-refractivity contribution is 5.94. The van der Waals surface area contributed by atoms with Crippen molar-refractivity contribution in [3.63, 3.8) is 0 Å². The van der Waals surface area contributed by atoms with Crippen LogP contribution in [0.5, 0.6) is 0 Å². The fraction of sp³-hybridized carbons (Fsp3) is 0.176. The number of fused-ring (bicyclic) bond motifs is 1. The fourth-order valence-electron chi connectivity index (χ4n) is 2.35. The van der Waals surface area contributed by atoms with Gasteiger partial charge in [-0.3, -0.25) is 4.79 Å². The van der Waals surface area contributed by atoms with Gasteiger partial charge in [-0.25, -0.2) is 0 Å². The number of nitrogens with zero attached hydrogens (tertiary/aromatic N) is 1. The second kappa shape index (κ2) is 5.78. The zero-order chi connectivity index (χ0) is 14.7. The maximum Gasteiger partial charge on any atom is 0.251 e. The van der Waals surface area contributed by atoms with Crippen molar-refractivity contribution in [1.82, 2.24) is 5.32 Å². The molecule has 1 N–H and O–H groups in total. The zero-order valence-electron chi connectivity index (χ0n) is 11.4. The predicted molar refractivity (Wildman–Crippen MR) is 77.3 cm³/mol. The lowest BCUT2D eigenvalue weighted by molar-refractivity contribution is 0.0950. The fourth-order valence-corrected chi connectivity index (χ4v) is 2.35. The Kier molecular flexibility index (Phi) is 3.67. The van der Waals surface area contributed by atoms with E-state index < -0.39 is 0 Å². The molecule has 104 valence electrons. The van der Waals surface area contributed by atoms with Gasteiger partial charge in [0.2, 0.25) is 0 Å². The summed E-state index contributed by atoms with van der Waals surface area (Å²) in [5, 5.41) is 11.7. The predicted octanol–water partition coefficient (Wildman–Crippen LogP) is 2.52. The van der Waals surface area contributed by atoms with E-state index in [0.29, 0.717) is 30.9 Å². The molecule has 0 radical (unpaired) electrons. The van der Waals surface area contributed by atoms with Gasteiger partial charge in [0, 0.05) is 12.1 Å². The summed E-state index contributed by atoms with van der Waals surface area (Å²) in [6.07, 6.45) is 0. The molecule has 2 aromatic rings. The van der Waals surface area contributed by atoms with E-state index in [2.05, 4.69) is 11.4 Å². The van der Waals surface area contributed by atoms with Gasteiger partial charge in [0.1, 0.15) is 0 Å². The first-order valence-corrected chi connectivity index (χ1v) is 6.73. The molecule has 0 unspecified atom stereocenters. The van der Waals surface area contributed by atoms with Crippen molar-refractivity contribution >= 4 is 5.91 Å². The number of amides is 1. The third kappa shape index (κ3) is 2.93. The van der Waals surface area contributed by atoms with E-state index in [4.69, 9.17) is 10.00 Å². The molecule has 2 aromatic carbocycles. The largest absolute Gasteiger partial charge is 0.372 e. The monoisotopic (exact) mass is 278 g/mol. The minimum absolute atomic E-state index is 0.118. The third-order valence-electron chi connectivity index (χ3n) is 3.49. The van der Waals surface area contributed by atoms with Gasteiger partial charge in [-0.15, -0.1) is 0 Å². The Hall–Kier alpha value is -2.64. The number of hydrogen-bond acceptors (Lipinski definition) is 3. The standard InChI is InChI=1S/C17H14N2O2/c18-8-12-2-1-3-13(6-12)9-19-17(20)14-4-5-15-10-21-11-16(15)7-14/h1-7H,9-11H2,(H,19,20). The first-order chi connectivity index (χ1) is 10.3. The molecule has 0 spiro atoms. The Morgan fingerprint density at radius 3 is 2.90 bits per heavy atom. The van der Waals surface area contributed by atoms with Crippen LogP contribution in [0.25, 0.3) is 0 Å². The maximum absolute atomic E-state index is 12.2. The summed E-state index contributed by atoms with van der Waals surface area (Å²) in [7, 11) is 0. The van der Waals surface area contributed by atoms with Crippen molar-refractivity contribution in [3.05, 3.63) is 70.3 Å². The highest BCUT2D eigenvalue weighted by atomic mass is 16.5. The topological polar surface area (TPSA) is 62.1 Å². The molecule has 0 bridgehead atoms. The van der Waals surface area contributed by atoms with Crippen LogP contribution in [0.15, 0.2) is 42.5 Å². The van der Waals surface area contributed by atoms with Crippen molar-refractivity contribution in [2.75, 3.05) is 0 Å². The third-order valence-corrected chi connectivity index (χ3v) is 3.49. The smallest absolute Gasteiger partial charge is 0.251 e. The summed E-state index contributed by atoms with van der Waals surface area (Å²) in [5.41, 5.74) is 4.36. The van der Waals surface area contributed by atoms with Crippen LogP contribution in [0.1, 0.15) is 32.6 Å². The number of hydrogen-bond donors (Lipinski definition) is 1. The first-order valence-electron chi connectivity index (χ1n) is 6.73. The Labute approximate surface area is 123 Å². The Morgan fingerprint density at radius 1 is 1.19 bits per heavy atom. The summed E-state index contributed by atoms with van der Waals surface area (Å²) >= 11 is 0. The Bertz CT molecular complexity index is 732. The van der Waals surface area contributed by atoms with Gasteiger partial charge in [-0.1, -0.05) is 18.2 Å². The number of carbonyl (C=O) groups excluding carboxylic acids is 1. The average molecular weight is 278 g/mol. The van der Waals surface area contributed by atoms with Gasteiger partial charge in [0.15, 0.2) is 0 Å². The van der Waals surface area contributed by atoms with Gasteiger partial charge in [0.25, 0.3) is 5.91 Å². The van der Waals surface area contributed by atoms with E-state index in [0.717, 1.165) is 16.7 Å². The molecule has 0 saturated carbocycles. The number of carbonyl (C=O) groups is 1. The molecule has 21 heavy (non-hydrogen) atoms. The molecule has 1 aliphatic heterocycles. The molecule has 0 saturated heterocycles. The summed E-state index contributed by atoms with van der Waals surface area (Å²) in [5.74, 6) is -0.118. The molecule has 0 atom stereocenters. The van der Waals surface area contributed by atoms with Crippen molar-refractivity contribution in [1.29, 1.82) is 5.26 Å². The SMILES string of the molecule is N#Cc1cccc(CNC(=O)c2ccc3c(c2)COC3)c1. The number of nitrogens with one attached hydrogen (secondary N) is 1. The minimum atomic E-state index is -0.118. The summed E-state index contributed by atoms with van der Waals surface area (Å²) < 4.78 is 5.34. The van der Waals surface area contributed by atoms with Crippen molar-refractivity contribution in [2.24, 2.45) is 0 Å². The van der Waals surface area contributed by atoms with E-state index in [1.807, 2.05) is 30.3 Å². The summed E-state index contributed by atoms with van der Waals surface area (Å²) in [6, 6.07) is 14.9.